The molecule has 2 aromatic carbocycles. The molecule has 4 rings (SSSR count). The Hall–Kier alpha value is -3.55. The quantitative estimate of drug-likeness (QED) is 0.462. The molecule has 2 heterocycles. The van der Waals surface area contributed by atoms with E-state index in [9.17, 15) is 13.2 Å². The highest BCUT2D eigenvalue weighted by Crippen LogP contribution is 2.31. The van der Waals surface area contributed by atoms with Gasteiger partial charge in [-0.05, 0) is 42.0 Å². The molecule has 0 aliphatic rings. The predicted molar refractivity (Wildman–Crippen MR) is 94.7 cm³/mol. The van der Waals surface area contributed by atoms with E-state index in [1.54, 1.807) is 36.5 Å². The first kappa shape index (κ1) is 17.8. The molecular formula is C20H13F3N2O3. The largest absolute Gasteiger partial charge is 0.573 e. The second kappa shape index (κ2) is 7.22. The fourth-order valence-corrected chi connectivity index (χ4v) is 2.60. The lowest BCUT2D eigenvalue weighted by molar-refractivity contribution is -0.274. The minimum absolute atomic E-state index is 0.155. The van der Waals surface area contributed by atoms with Gasteiger partial charge in [0.1, 0.15) is 23.6 Å². The molecule has 0 spiro atoms. The van der Waals surface area contributed by atoms with Crippen molar-refractivity contribution in [3.63, 3.8) is 0 Å². The van der Waals surface area contributed by atoms with Crippen molar-refractivity contribution in [2.45, 2.75) is 13.0 Å². The first-order valence-corrected chi connectivity index (χ1v) is 8.26. The molecule has 0 saturated heterocycles. The number of pyridine rings is 1. The average molecular weight is 386 g/mol. The molecular weight excluding hydrogens is 373 g/mol. The summed E-state index contributed by atoms with van der Waals surface area (Å²) in [7, 11) is 0. The van der Waals surface area contributed by atoms with Gasteiger partial charge < -0.3 is 13.9 Å². The van der Waals surface area contributed by atoms with Gasteiger partial charge >= 0.3 is 6.36 Å². The number of alkyl halides is 3. The second-order valence-corrected chi connectivity index (χ2v) is 5.82. The molecule has 0 N–H and O–H groups in total. The van der Waals surface area contributed by atoms with Crippen molar-refractivity contribution in [3.05, 3.63) is 72.4 Å². The number of fused-ring (bicyclic) bond motifs is 1. The van der Waals surface area contributed by atoms with Gasteiger partial charge in [0.2, 0.25) is 11.6 Å². The first-order valence-electron chi connectivity index (χ1n) is 8.26. The van der Waals surface area contributed by atoms with Crippen molar-refractivity contribution in [2.24, 2.45) is 0 Å². The van der Waals surface area contributed by atoms with Crippen LogP contribution in [-0.2, 0) is 6.61 Å². The van der Waals surface area contributed by atoms with Crippen molar-refractivity contribution >= 4 is 11.2 Å². The summed E-state index contributed by atoms with van der Waals surface area (Å²) in [6.07, 6.45) is -3.10. The lowest BCUT2D eigenvalue weighted by Gasteiger charge is -2.11. The Labute approximate surface area is 157 Å². The topological polar surface area (TPSA) is 57.4 Å². The van der Waals surface area contributed by atoms with E-state index >= 15 is 0 Å². The molecule has 0 saturated carbocycles. The fourth-order valence-electron chi connectivity index (χ4n) is 2.60. The number of ether oxygens (including phenoxy) is 2. The number of halogens is 3. The van der Waals surface area contributed by atoms with Gasteiger partial charge in [0.25, 0.3) is 0 Å². The normalized spacial score (nSPS) is 11.5. The van der Waals surface area contributed by atoms with Gasteiger partial charge in [-0.1, -0.05) is 24.3 Å². The molecule has 2 aromatic heterocycles. The number of oxazole rings is 1. The minimum atomic E-state index is -4.72. The molecule has 0 radical (unpaired) electrons. The molecule has 0 bridgehead atoms. The van der Waals surface area contributed by atoms with E-state index in [2.05, 4.69) is 14.7 Å². The van der Waals surface area contributed by atoms with Gasteiger partial charge in [-0.15, -0.1) is 13.2 Å². The van der Waals surface area contributed by atoms with Crippen LogP contribution in [0.4, 0.5) is 13.2 Å². The van der Waals surface area contributed by atoms with Gasteiger partial charge in [0.05, 0.1) is 5.56 Å². The Morgan fingerprint density at radius 1 is 0.929 bits per heavy atom. The van der Waals surface area contributed by atoms with Crippen molar-refractivity contribution in [1.29, 1.82) is 0 Å². The predicted octanol–water partition coefficient (Wildman–Crippen LogP) is 5.37. The maximum Gasteiger partial charge on any atom is 0.573 e. The standard InChI is InChI=1S/C20H13F3N2O3/c21-20(22,23)28-14-9-7-13(8-10-14)12-26-17-6-2-1-4-15(17)18-25-16-5-3-11-24-19(16)27-18/h1-11H,12H2. The number of hydrogen-bond donors (Lipinski definition) is 0. The molecule has 8 heteroatoms. The average Bonchev–Trinajstić information content (AvgIpc) is 3.10. The number of hydrogen-bond acceptors (Lipinski definition) is 5. The Kier molecular flexibility index (Phi) is 4.60. The van der Waals surface area contributed by atoms with Gasteiger partial charge in [-0.3, -0.25) is 0 Å². The third-order valence-corrected chi connectivity index (χ3v) is 3.84. The fraction of sp³-hybridized carbons (Fsp3) is 0.100. The number of rotatable bonds is 5. The second-order valence-electron chi connectivity index (χ2n) is 5.82. The SMILES string of the molecule is FC(F)(F)Oc1ccc(COc2ccccc2-c2nc3cccnc3o2)cc1. The highest BCUT2D eigenvalue weighted by Gasteiger charge is 2.30. The van der Waals surface area contributed by atoms with Crippen molar-refractivity contribution in [1.82, 2.24) is 9.97 Å². The van der Waals surface area contributed by atoms with Crippen molar-refractivity contribution in [3.8, 4) is 23.0 Å². The third kappa shape index (κ3) is 4.06. The van der Waals surface area contributed by atoms with E-state index in [1.807, 2.05) is 6.07 Å². The van der Waals surface area contributed by atoms with Crippen LogP contribution in [0.25, 0.3) is 22.7 Å². The molecule has 142 valence electrons. The van der Waals surface area contributed by atoms with E-state index in [0.29, 0.717) is 34.0 Å². The Bertz CT molecular complexity index is 1060. The van der Waals surface area contributed by atoms with E-state index in [0.717, 1.165) is 0 Å². The molecule has 0 aliphatic heterocycles. The van der Waals surface area contributed by atoms with Crippen LogP contribution in [0.3, 0.4) is 0 Å². The number of nitrogens with zero attached hydrogens (tertiary/aromatic N) is 2. The van der Waals surface area contributed by atoms with Crippen LogP contribution in [0.5, 0.6) is 11.5 Å². The first-order chi connectivity index (χ1) is 13.5. The highest BCUT2D eigenvalue weighted by molar-refractivity contribution is 5.74. The summed E-state index contributed by atoms with van der Waals surface area (Å²) < 4.78 is 52.1. The van der Waals surface area contributed by atoms with Crippen LogP contribution < -0.4 is 9.47 Å². The van der Waals surface area contributed by atoms with Crippen LogP contribution in [0, 0.1) is 0 Å². The molecule has 0 atom stereocenters. The Morgan fingerprint density at radius 2 is 1.71 bits per heavy atom. The summed E-state index contributed by atoms with van der Waals surface area (Å²) in [6.45, 7) is 0.155. The lowest BCUT2D eigenvalue weighted by atomic mass is 10.2. The molecule has 0 fully saturated rings. The molecule has 0 unspecified atom stereocenters. The summed E-state index contributed by atoms with van der Waals surface area (Å²) in [4.78, 5) is 8.53. The highest BCUT2D eigenvalue weighted by atomic mass is 19.4. The van der Waals surface area contributed by atoms with Crippen LogP contribution in [0.2, 0.25) is 0 Å². The molecule has 0 amide bonds. The summed E-state index contributed by atoms with van der Waals surface area (Å²) in [5.74, 6) is 0.624. The smallest absolute Gasteiger partial charge is 0.488 e. The summed E-state index contributed by atoms with van der Waals surface area (Å²) in [6, 6.07) is 16.3. The summed E-state index contributed by atoms with van der Waals surface area (Å²) >= 11 is 0. The maximum atomic E-state index is 12.2. The van der Waals surface area contributed by atoms with Gasteiger partial charge in [-0.25, -0.2) is 9.97 Å². The zero-order chi connectivity index (χ0) is 19.6. The van der Waals surface area contributed by atoms with Crippen LogP contribution in [0.15, 0.2) is 71.3 Å². The molecule has 4 aromatic rings. The lowest BCUT2D eigenvalue weighted by Crippen LogP contribution is -2.17. The molecule has 0 aliphatic carbocycles. The Morgan fingerprint density at radius 3 is 2.46 bits per heavy atom. The number of aromatic nitrogens is 2. The van der Waals surface area contributed by atoms with E-state index in [-0.39, 0.29) is 12.4 Å². The number of benzene rings is 2. The third-order valence-electron chi connectivity index (χ3n) is 3.84. The minimum Gasteiger partial charge on any atom is -0.488 e. The van der Waals surface area contributed by atoms with Crippen LogP contribution in [0.1, 0.15) is 5.56 Å². The van der Waals surface area contributed by atoms with Crippen molar-refractivity contribution in [2.75, 3.05) is 0 Å². The summed E-state index contributed by atoms with van der Waals surface area (Å²) in [5, 5.41) is 0. The Balaban J connectivity index is 1.51. The van der Waals surface area contributed by atoms with Gasteiger partial charge in [-0.2, -0.15) is 0 Å². The van der Waals surface area contributed by atoms with Gasteiger partial charge in [0.15, 0.2) is 0 Å². The zero-order valence-electron chi connectivity index (χ0n) is 14.3. The van der Waals surface area contributed by atoms with Crippen LogP contribution in [-0.4, -0.2) is 16.3 Å². The zero-order valence-corrected chi connectivity index (χ0v) is 14.3. The van der Waals surface area contributed by atoms with E-state index < -0.39 is 6.36 Å². The summed E-state index contributed by atoms with van der Waals surface area (Å²) in [5.41, 5.74) is 2.39. The van der Waals surface area contributed by atoms with Crippen molar-refractivity contribution < 1.29 is 27.1 Å². The monoisotopic (exact) mass is 386 g/mol. The number of para-hydroxylation sites is 1. The molecule has 28 heavy (non-hydrogen) atoms. The van der Waals surface area contributed by atoms with E-state index in [1.165, 1.54) is 24.3 Å². The van der Waals surface area contributed by atoms with Crippen LogP contribution >= 0.6 is 0 Å². The molecule has 5 nitrogen and oxygen atoms in total. The van der Waals surface area contributed by atoms with E-state index in [4.69, 9.17) is 9.15 Å². The maximum absolute atomic E-state index is 12.2. The van der Waals surface area contributed by atoms with Gasteiger partial charge in [0, 0.05) is 6.20 Å².